The second kappa shape index (κ2) is 6.83. The van der Waals surface area contributed by atoms with E-state index in [1.54, 1.807) is 20.3 Å². The number of ether oxygens (including phenoxy) is 2. The largest absolute Gasteiger partial charge is 0.383 e. The molecule has 0 saturated carbocycles. The van der Waals surface area contributed by atoms with Crippen molar-refractivity contribution in [2.24, 2.45) is 0 Å². The van der Waals surface area contributed by atoms with E-state index >= 15 is 0 Å². The predicted octanol–water partition coefficient (Wildman–Crippen LogP) is 0.319. The van der Waals surface area contributed by atoms with Gasteiger partial charge in [0.25, 0.3) is 5.91 Å². The molecule has 1 aliphatic heterocycles. The summed E-state index contributed by atoms with van der Waals surface area (Å²) in [6, 6.07) is 1.59. The van der Waals surface area contributed by atoms with E-state index < -0.39 is 0 Å². The van der Waals surface area contributed by atoms with Gasteiger partial charge in [-0.2, -0.15) is 0 Å². The molecule has 1 amide bonds. The second-order valence-electron chi connectivity index (χ2n) is 5.04. The van der Waals surface area contributed by atoms with Crippen molar-refractivity contribution in [3.05, 3.63) is 17.5 Å². The fourth-order valence-electron chi connectivity index (χ4n) is 2.44. The van der Waals surface area contributed by atoms with Crippen LogP contribution in [0.5, 0.6) is 0 Å². The molecule has 1 aliphatic rings. The lowest BCUT2D eigenvalue weighted by Gasteiger charge is -2.28. The topological polar surface area (TPSA) is 85.6 Å². The zero-order chi connectivity index (χ0) is 14.4. The van der Waals surface area contributed by atoms with Gasteiger partial charge < -0.3 is 24.6 Å². The Balaban J connectivity index is 1.90. The zero-order valence-electron chi connectivity index (χ0n) is 11.9. The molecule has 1 fully saturated rings. The Kier molecular flexibility index (Phi) is 5.11. The first-order valence-electron chi connectivity index (χ1n) is 6.66. The molecule has 0 aromatic carbocycles. The monoisotopic (exact) mass is 283 g/mol. The van der Waals surface area contributed by atoms with Gasteiger partial charge in [-0.05, 0) is 19.4 Å². The summed E-state index contributed by atoms with van der Waals surface area (Å²) in [5.41, 5.74) is 0.0892. The molecule has 1 saturated heterocycles. The number of amides is 1. The number of hydrogen-bond donors (Lipinski definition) is 2. The van der Waals surface area contributed by atoms with Crippen molar-refractivity contribution in [3.8, 4) is 0 Å². The molecule has 2 rings (SSSR count). The highest BCUT2D eigenvalue weighted by atomic mass is 16.5. The van der Waals surface area contributed by atoms with Crippen LogP contribution in [0.1, 0.15) is 29.1 Å². The van der Waals surface area contributed by atoms with E-state index in [0.717, 1.165) is 19.4 Å². The maximum atomic E-state index is 12.0. The lowest BCUT2D eigenvalue weighted by Crippen LogP contribution is -2.53. The Labute approximate surface area is 118 Å². The van der Waals surface area contributed by atoms with Crippen molar-refractivity contribution in [1.82, 2.24) is 15.8 Å². The number of methoxy groups -OCH3 is 2. The molecular formula is C13H21N3O4. The standard InChI is InChI=1S/C13H21N3O4/c1-18-7-10-6-11(16-20-10)12(17)14-8-13(9-19-2)4-3-5-15-13/h6,15H,3-5,7-9H2,1-2H3,(H,14,17). The van der Waals surface area contributed by atoms with E-state index in [1.807, 2.05) is 0 Å². The summed E-state index contributed by atoms with van der Waals surface area (Å²) in [4.78, 5) is 12.0. The van der Waals surface area contributed by atoms with Crippen molar-refractivity contribution in [1.29, 1.82) is 0 Å². The van der Waals surface area contributed by atoms with Crippen LogP contribution in [0, 0.1) is 0 Å². The molecule has 1 atom stereocenters. The predicted molar refractivity (Wildman–Crippen MR) is 71.4 cm³/mol. The SMILES string of the molecule is COCc1cc(C(=O)NCC2(COC)CCCN2)no1. The van der Waals surface area contributed by atoms with Crippen LogP contribution in [0.25, 0.3) is 0 Å². The summed E-state index contributed by atoms with van der Waals surface area (Å²) in [5, 5.41) is 10.0. The summed E-state index contributed by atoms with van der Waals surface area (Å²) >= 11 is 0. The maximum Gasteiger partial charge on any atom is 0.273 e. The number of aromatic nitrogens is 1. The van der Waals surface area contributed by atoms with Gasteiger partial charge in [0.05, 0.1) is 12.1 Å². The third-order valence-electron chi connectivity index (χ3n) is 3.42. The zero-order valence-corrected chi connectivity index (χ0v) is 11.9. The third kappa shape index (κ3) is 3.56. The Morgan fingerprint density at radius 3 is 3.05 bits per heavy atom. The molecule has 112 valence electrons. The van der Waals surface area contributed by atoms with Crippen LogP contribution in [0.3, 0.4) is 0 Å². The summed E-state index contributed by atoms with van der Waals surface area (Å²) in [5.74, 6) is 0.281. The van der Waals surface area contributed by atoms with E-state index in [0.29, 0.717) is 25.5 Å². The molecule has 0 bridgehead atoms. The average molecular weight is 283 g/mol. The molecule has 20 heavy (non-hydrogen) atoms. The highest BCUT2D eigenvalue weighted by Gasteiger charge is 2.34. The average Bonchev–Trinajstić information content (AvgIpc) is 3.07. The fourth-order valence-corrected chi connectivity index (χ4v) is 2.44. The smallest absolute Gasteiger partial charge is 0.273 e. The number of rotatable bonds is 7. The second-order valence-corrected chi connectivity index (χ2v) is 5.04. The van der Waals surface area contributed by atoms with Gasteiger partial charge in [-0.3, -0.25) is 4.79 Å². The van der Waals surface area contributed by atoms with Crippen LogP contribution in [0.2, 0.25) is 0 Å². The molecule has 1 aromatic rings. The summed E-state index contributed by atoms with van der Waals surface area (Å²) in [6.45, 7) is 2.32. The van der Waals surface area contributed by atoms with Crippen molar-refractivity contribution in [3.63, 3.8) is 0 Å². The Bertz CT molecular complexity index is 441. The molecule has 0 aliphatic carbocycles. The van der Waals surface area contributed by atoms with Crippen molar-refractivity contribution < 1.29 is 18.8 Å². The highest BCUT2D eigenvalue weighted by molar-refractivity contribution is 5.92. The van der Waals surface area contributed by atoms with Crippen LogP contribution < -0.4 is 10.6 Å². The molecule has 0 spiro atoms. The molecule has 1 unspecified atom stereocenters. The lowest BCUT2D eigenvalue weighted by atomic mass is 9.98. The Morgan fingerprint density at radius 2 is 2.40 bits per heavy atom. The van der Waals surface area contributed by atoms with Crippen LogP contribution in [0.15, 0.2) is 10.6 Å². The van der Waals surface area contributed by atoms with Gasteiger partial charge in [0.15, 0.2) is 11.5 Å². The lowest BCUT2D eigenvalue weighted by molar-refractivity contribution is 0.0883. The van der Waals surface area contributed by atoms with Gasteiger partial charge in [0.2, 0.25) is 0 Å². The van der Waals surface area contributed by atoms with Gasteiger partial charge in [-0.1, -0.05) is 5.16 Å². The van der Waals surface area contributed by atoms with Crippen molar-refractivity contribution in [2.45, 2.75) is 25.0 Å². The van der Waals surface area contributed by atoms with E-state index in [2.05, 4.69) is 15.8 Å². The van der Waals surface area contributed by atoms with Gasteiger partial charge in [-0.25, -0.2) is 0 Å². The normalized spacial score (nSPS) is 22.1. The number of carbonyl (C=O) groups excluding carboxylic acids is 1. The van der Waals surface area contributed by atoms with E-state index in [1.165, 1.54) is 0 Å². The fraction of sp³-hybridized carbons (Fsp3) is 0.692. The van der Waals surface area contributed by atoms with E-state index in [4.69, 9.17) is 14.0 Å². The highest BCUT2D eigenvalue weighted by Crippen LogP contribution is 2.19. The van der Waals surface area contributed by atoms with Gasteiger partial charge in [-0.15, -0.1) is 0 Å². The summed E-state index contributed by atoms with van der Waals surface area (Å²) in [6.07, 6.45) is 2.07. The van der Waals surface area contributed by atoms with Crippen molar-refractivity contribution in [2.75, 3.05) is 33.9 Å². The van der Waals surface area contributed by atoms with Crippen molar-refractivity contribution >= 4 is 5.91 Å². The number of nitrogens with zero attached hydrogens (tertiary/aromatic N) is 1. The van der Waals surface area contributed by atoms with Gasteiger partial charge in [0, 0.05) is 26.8 Å². The van der Waals surface area contributed by atoms with Crippen LogP contribution in [-0.2, 0) is 16.1 Å². The molecule has 2 N–H and O–H groups in total. The number of carbonyl (C=O) groups is 1. The molecule has 2 heterocycles. The first-order valence-corrected chi connectivity index (χ1v) is 6.66. The minimum atomic E-state index is -0.250. The number of hydrogen-bond acceptors (Lipinski definition) is 6. The van der Waals surface area contributed by atoms with E-state index in [-0.39, 0.29) is 17.1 Å². The van der Waals surface area contributed by atoms with E-state index in [9.17, 15) is 4.79 Å². The first kappa shape index (κ1) is 15.0. The Hall–Kier alpha value is -1.44. The maximum absolute atomic E-state index is 12.0. The molecule has 7 heteroatoms. The van der Waals surface area contributed by atoms with Crippen LogP contribution >= 0.6 is 0 Å². The minimum absolute atomic E-state index is 0.177. The van der Waals surface area contributed by atoms with Crippen LogP contribution in [-0.4, -0.2) is 50.5 Å². The Morgan fingerprint density at radius 1 is 1.55 bits per heavy atom. The first-order chi connectivity index (χ1) is 9.69. The van der Waals surface area contributed by atoms with Gasteiger partial charge in [0.1, 0.15) is 6.61 Å². The minimum Gasteiger partial charge on any atom is -0.383 e. The molecule has 1 aromatic heterocycles. The molecule has 7 nitrogen and oxygen atoms in total. The third-order valence-corrected chi connectivity index (χ3v) is 3.42. The molecule has 0 radical (unpaired) electrons. The molecular weight excluding hydrogens is 262 g/mol. The summed E-state index contributed by atoms with van der Waals surface area (Å²) in [7, 11) is 3.22. The van der Waals surface area contributed by atoms with Gasteiger partial charge >= 0.3 is 0 Å². The van der Waals surface area contributed by atoms with Crippen LogP contribution in [0.4, 0.5) is 0 Å². The quantitative estimate of drug-likeness (QED) is 0.749. The number of nitrogens with one attached hydrogen (secondary N) is 2. The summed E-state index contributed by atoms with van der Waals surface area (Å²) < 4.78 is 15.2.